The van der Waals surface area contributed by atoms with E-state index in [1.807, 2.05) is 34.6 Å². The van der Waals surface area contributed by atoms with Crippen LogP contribution in [0, 0.1) is 0 Å². The molecule has 4 rings (SSSR count). The van der Waals surface area contributed by atoms with Crippen LogP contribution >= 0.6 is 0 Å². The van der Waals surface area contributed by atoms with Gasteiger partial charge in [0.2, 0.25) is 5.88 Å². The van der Waals surface area contributed by atoms with E-state index in [4.69, 9.17) is 9.47 Å². The van der Waals surface area contributed by atoms with Gasteiger partial charge in [-0.1, -0.05) is 20.8 Å². The van der Waals surface area contributed by atoms with Gasteiger partial charge in [-0.3, -0.25) is 0 Å². The minimum Gasteiger partial charge on any atom is -0.468 e. The summed E-state index contributed by atoms with van der Waals surface area (Å²) < 4.78 is 48.6. The highest BCUT2D eigenvalue weighted by Crippen LogP contribution is 2.38. The molecule has 0 aromatic carbocycles. The van der Waals surface area contributed by atoms with Crippen molar-refractivity contribution < 1.29 is 27.4 Å². The summed E-state index contributed by atoms with van der Waals surface area (Å²) >= 11 is 0. The highest BCUT2D eigenvalue weighted by atomic mass is 19.4. The van der Waals surface area contributed by atoms with E-state index in [-0.39, 0.29) is 17.7 Å². The maximum absolute atomic E-state index is 12.7. The van der Waals surface area contributed by atoms with Gasteiger partial charge in [-0.2, -0.15) is 13.2 Å². The Hall–Kier alpha value is -3.43. The zero-order valence-corrected chi connectivity index (χ0v) is 20.2. The van der Waals surface area contributed by atoms with Crippen molar-refractivity contribution in [3.05, 3.63) is 47.4 Å². The van der Waals surface area contributed by atoms with E-state index in [1.54, 1.807) is 24.4 Å². The average Bonchev–Trinajstić information content (AvgIpc) is 2.79. The number of esters is 1. The number of rotatable bonds is 6. The largest absolute Gasteiger partial charge is 0.468 e. The van der Waals surface area contributed by atoms with Gasteiger partial charge in [-0.15, -0.1) is 0 Å². The van der Waals surface area contributed by atoms with Crippen molar-refractivity contribution in [2.75, 3.05) is 11.9 Å². The van der Waals surface area contributed by atoms with E-state index in [9.17, 15) is 18.0 Å². The molecular weight excluding hydrogens is 461 g/mol. The molecule has 0 saturated carbocycles. The molecule has 0 aliphatic carbocycles. The molecule has 0 radical (unpaired) electrons. The van der Waals surface area contributed by atoms with E-state index in [2.05, 4.69) is 20.3 Å². The van der Waals surface area contributed by atoms with Gasteiger partial charge in [-0.05, 0) is 55.3 Å². The molecule has 10 heteroatoms. The first-order chi connectivity index (χ1) is 16.4. The Morgan fingerprint density at radius 3 is 2.60 bits per heavy atom. The fraction of sp³-hybridized carbons (Fsp3) is 0.440. The van der Waals surface area contributed by atoms with Crippen LogP contribution in [-0.4, -0.2) is 39.3 Å². The molecule has 7 nitrogen and oxygen atoms in total. The number of cyclic esters (lactones) is 1. The van der Waals surface area contributed by atoms with Crippen molar-refractivity contribution in [3.8, 4) is 5.88 Å². The van der Waals surface area contributed by atoms with Gasteiger partial charge < -0.3 is 14.8 Å². The maximum Gasteiger partial charge on any atom is 0.422 e. The highest BCUT2D eigenvalue weighted by Gasteiger charge is 2.40. The molecule has 1 aliphatic rings. The fourth-order valence-corrected chi connectivity index (χ4v) is 3.97. The second-order valence-corrected chi connectivity index (χ2v) is 9.32. The van der Waals surface area contributed by atoms with Crippen LogP contribution in [0.15, 0.2) is 30.6 Å². The molecule has 3 aromatic heterocycles. The zero-order chi connectivity index (χ0) is 25.5. The summed E-state index contributed by atoms with van der Waals surface area (Å²) in [5, 5.41) is 4.25. The lowest BCUT2D eigenvalue weighted by molar-refractivity contribution is -0.153. The maximum atomic E-state index is 12.7. The molecule has 2 atom stereocenters. The summed E-state index contributed by atoms with van der Waals surface area (Å²) in [5.74, 6) is 0.396. The number of carbonyl (C=O) groups excluding carboxylic acids is 1. The van der Waals surface area contributed by atoms with Gasteiger partial charge in [0, 0.05) is 18.3 Å². The van der Waals surface area contributed by atoms with Crippen LogP contribution in [-0.2, 0) is 4.74 Å². The predicted molar refractivity (Wildman–Crippen MR) is 125 cm³/mol. The number of halogens is 3. The van der Waals surface area contributed by atoms with Crippen molar-refractivity contribution in [2.24, 2.45) is 0 Å². The van der Waals surface area contributed by atoms with Crippen LogP contribution in [0.4, 0.5) is 24.8 Å². The van der Waals surface area contributed by atoms with E-state index in [1.165, 1.54) is 6.20 Å². The molecule has 186 valence electrons. The molecule has 0 fully saturated rings. The molecule has 2 unspecified atom stereocenters. The van der Waals surface area contributed by atoms with E-state index in [0.717, 1.165) is 12.0 Å². The number of nitrogens with one attached hydrogen (secondary N) is 1. The molecule has 1 aliphatic heterocycles. The molecule has 35 heavy (non-hydrogen) atoms. The second kappa shape index (κ2) is 8.98. The third-order valence-corrected chi connectivity index (χ3v) is 6.49. The monoisotopic (exact) mass is 488 g/mol. The van der Waals surface area contributed by atoms with Gasteiger partial charge >= 0.3 is 12.1 Å². The van der Waals surface area contributed by atoms with Gasteiger partial charge in [0.1, 0.15) is 17.2 Å². The van der Waals surface area contributed by atoms with Crippen molar-refractivity contribution in [1.29, 1.82) is 0 Å². The quantitative estimate of drug-likeness (QED) is 0.409. The lowest BCUT2D eigenvalue weighted by atomic mass is 9.84. The van der Waals surface area contributed by atoms with Crippen molar-refractivity contribution in [1.82, 2.24) is 15.0 Å². The molecule has 0 bridgehead atoms. The minimum atomic E-state index is -4.48. The molecule has 0 saturated heterocycles. The third-order valence-electron chi connectivity index (χ3n) is 6.49. The number of fused-ring (bicyclic) bond motifs is 2. The van der Waals surface area contributed by atoms with Gasteiger partial charge in [0.15, 0.2) is 6.61 Å². The highest BCUT2D eigenvalue weighted by molar-refractivity contribution is 5.93. The first kappa shape index (κ1) is 24.7. The first-order valence-electron chi connectivity index (χ1n) is 11.4. The number of anilines is 2. The predicted octanol–water partition coefficient (Wildman–Crippen LogP) is 6.28. The van der Waals surface area contributed by atoms with Gasteiger partial charge in [0.25, 0.3) is 0 Å². The number of hydrogen-bond acceptors (Lipinski definition) is 7. The SMILES string of the molecule is CCC(C)c1cnc(OCC(F)(F)F)c2cnc(Nc3ccc4c(n3)C(C)C(C)(C)OC4=O)cc12. The number of ether oxygens (including phenoxy) is 2. The molecule has 3 aromatic rings. The van der Waals surface area contributed by atoms with Crippen LogP contribution in [0.1, 0.15) is 74.5 Å². The Bertz CT molecular complexity index is 1280. The summed E-state index contributed by atoms with van der Waals surface area (Å²) in [4.78, 5) is 25.5. The Morgan fingerprint density at radius 2 is 1.91 bits per heavy atom. The van der Waals surface area contributed by atoms with Crippen LogP contribution in [0.2, 0.25) is 0 Å². The van der Waals surface area contributed by atoms with Crippen LogP contribution < -0.4 is 10.1 Å². The lowest BCUT2D eigenvalue weighted by Crippen LogP contribution is -2.39. The van der Waals surface area contributed by atoms with Gasteiger partial charge in [0.05, 0.1) is 16.6 Å². The van der Waals surface area contributed by atoms with E-state index < -0.39 is 24.4 Å². The van der Waals surface area contributed by atoms with Crippen molar-refractivity contribution in [3.63, 3.8) is 0 Å². The van der Waals surface area contributed by atoms with Crippen molar-refractivity contribution in [2.45, 2.75) is 64.7 Å². The first-order valence-corrected chi connectivity index (χ1v) is 11.4. The van der Waals surface area contributed by atoms with Gasteiger partial charge in [-0.25, -0.2) is 19.7 Å². The lowest BCUT2D eigenvalue weighted by Gasteiger charge is -2.36. The normalized spacial score (nSPS) is 18.1. The molecular formula is C25H27F3N4O3. The Labute approximate surface area is 201 Å². The molecule has 0 amide bonds. The van der Waals surface area contributed by atoms with E-state index >= 15 is 0 Å². The molecule has 4 heterocycles. The number of hydrogen-bond donors (Lipinski definition) is 1. The smallest absolute Gasteiger partial charge is 0.422 e. The summed E-state index contributed by atoms with van der Waals surface area (Å²) in [5.41, 5.74) is 1.24. The minimum absolute atomic E-state index is 0.118. The number of carbonyl (C=O) groups is 1. The number of pyridine rings is 3. The number of alkyl halides is 3. The third kappa shape index (κ3) is 5.01. The second-order valence-electron chi connectivity index (χ2n) is 9.32. The Balaban J connectivity index is 1.71. The van der Waals surface area contributed by atoms with E-state index in [0.29, 0.717) is 33.7 Å². The number of aromatic nitrogens is 3. The summed E-state index contributed by atoms with van der Waals surface area (Å²) in [6.45, 7) is 8.24. The topological polar surface area (TPSA) is 86.2 Å². The van der Waals surface area contributed by atoms with Crippen LogP contribution in [0.5, 0.6) is 5.88 Å². The zero-order valence-electron chi connectivity index (χ0n) is 20.2. The summed E-state index contributed by atoms with van der Waals surface area (Å²) in [6.07, 6.45) is -0.655. The summed E-state index contributed by atoms with van der Waals surface area (Å²) in [6, 6.07) is 5.08. The average molecular weight is 489 g/mol. The molecule has 1 N–H and O–H groups in total. The summed E-state index contributed by atoms with van der Waals surface area (Å²) in [7, 11) is 0. The fourth-order valence-electron chi connectivity index (χ4n) is 3.97. The van der Waals surface area contributed by atoms with Crippen LogP contribution in [0.3, 0.4) is 0 Å². The Kier molecular flexibility index (Phi) is 6.33. The number of nitrogens with zero attached hydrogens (tertiary/aromatic N) is 3. The standard InChI is InChI=1S/C25H27F3N4O3/c1-6-13(2)17-10-30-22(34-12-25(26,27)28)18-11-29-20(9-16(17)18)31-19-8-7-15-21(32-19)14(3)24(4,5)35-23(15)33/h7-11,13-14H,6,12H2,1-5H3,(H,29,31,32). The molecule has 0 spiro atoms. The van der Waals surface area contributed by atoms with Crippen LogP contribution in [0.25, 0.3) is 10.8 Å². The Morgan fingerprint density at radius 1 is 1.17 bits per heavy atom. The van der Waals surface area contributed by atoms with Crippen molar-refractivity contribution >= 4 is 28.4 Å².